The molecular formula is C28H26N4O5. The molecule has 2 heterocycles. The molecule has 9 nitrogen and oxygen atoms in total. The Hall–Kier alpha value is -4.79. The number of rotatable bonds is 9. The summed E-state index contributed by atoms with van der Waals surface area (Å²) in [6.45, 7) is 0.409. The van der Waals surface area contributed by atoms with Crippen LogP contribution in [-0.4, -0.2) is 41.1 Å². The van der Waals surface area contributed by atoms with Gasteiger partial charge in [-0.2, -0.15) is 0 Å². The Bertz CT molecular complexity index is 1600. The predicted octanol–water partition coefficient (Wildman–Crippen LogP) is 5.00. The monoisotopic (exact) mass is 498 g/mol. The minimum absolute atomic E-state index is 0.0171. The van der Waals surface area contributed by atoms with Crippen molar-refractivity contribution < 1.29 is 19.2 Å². The number of non-ortho nitro benzene ring substituents is 1. The zero-order valence-electron chi connectivity index (χ0n) is 20.4. The molecule has 0 bridgehead atoms. The van der Waals surface area contributed by atoms with Gasteiger partial charge in [0.15, 0.2) is 11.5 Å². The van der Waals surface area contributed by atoms with Gasteiger partial charge in [-0.25, -0.2) is 0 Å². The minimum Gasteiger partial charge on any atom is -0.493 e. The van der Waals surface area contributed by atoms with Crippen molar-refractivity contribution in [3.05, 3.63) is 100 Å². The Morgan fingerprint density at radius 1 is 1.05 bits per heavy atom. The van der Waals surface area contributed by atoms with Gasteiger partial charge in [-0.05, 0) is 29.8 Å². The second-order valence-corrected chi connectivity index (χ2v) is 8.67. The van der Waals surface area contributed by atoms with E-state index in [0.717, 1.165) is 27.5 Å². The normalized spacial score (nSPS) is 11.9. The van der Waals surface area contributed by atoms with E-state index < -0.39 is 4.92 Å². The Morgan fingerprint density at radius 2 is 1.89 bits per heavy atom. The van der Waals surface area contributed by atoms with Gasteiger partial charge in [0, 0.05) is 64.4 Å². The molecular weight excluding hydrogens is 472 g/mol. The number of H-pyrrole nitrogens is 1. The molecule has 2 aromatic heterocycles. The summed E-state index contributed by atoms with van der Waals surface area (Å²) >= 11 is 0. The topological polar surface area (TPSA) is 111 Å². The lowest BCUT2D eigenvalue weighted by Gasteiger charge is -2.22. The SMILES string of the molecule is COc1cccc(C(CNC(=O)Cn2ccc3cc([N+](=O)[O-])ccc32)c2c[nH]c3ccccc23)c1OC. The maximum atomic E-state index is 13.1. The van der Waals surface area contributed by atoms with Crippen molar-refractivity contribution in [1.29, 1.82) is 0 Å². The second kappa shape index (κ2) is 10.1. The molecule has 0 fully saturated rings. The highest BCUT2D eigenvalue weighted by molar-refractivity contribution is 5.86. The highest BCUT2D eigenvalue weighted by Gasteiger charge is 2.24. The first-order chi connectivity index (χ1) is 18.0. The van der Waals surface area contributed by atoms with Crippen LogP contribution in [0.25, 0.3) is 21.8 Å². The number of nitro groups is 1. The zero-order valence-corrected chi connectivity index (χ0v) is 20.4. The summed E-state index contributed by atoms with van der Waals surface area (Å²) in [6, 6.07) is 20.1. The van der Waals surface area contributed by atoms with E-state index in [9.17, 15) is 14.9 Å². The summed E-state index contributed by atoms with van der Waals surface area (Å²) in [5.74, 6) is 0.841. The van der Waals surface area contributed by atoms with Crippen LogP contribution < -0.4 is 14.8 Å². The third-order valence-corrected chi connectivity index (χ3v) is 6.59. The molecule has 0 saturated heterocycles. The van der Waals surface area contributed by atoms with Crippen LogP contribution >= 0.6 is 0 Å². The lowest BCUT2D eigenvalue weighted by Crippen LogP contribution is -2.31. The van der Waals surface area contributed by atoms with Crippen LogP contribution in [-0.2, 0) is 11.3 Å². The Kier molecular flexibility index (Phi) is 6.51. The van der Waals surface area contributed by atoms with Gasteiger partial charge in [0.25, 0.3) is 5.69 Å². The molecule has 1 atom stereocenters. The molecule has 37 heavy (non-hydrogen) atoms. The van der Waals surface area contributed by atoms with E-state index in [0.29, 0.717) is 23.4 Å². The molecule has 1 amide bonds. The number of carbonyl (C=O) groups is 1. The second-order valence-electron chi connectivity index (χ2n) is 8.67. The lowest BCUT2D eigenvalue weighted by molar-refractivity contribution is -0.384. The van der Waals surface area contributed by atoms with E-state index in [1.165, 1.54) is 12.1 Å². The molecule has 5 rings (SSSR count). The number of nitro benzene ring substituents is 1. The molecule has 0 aliphatic carbocycles. The number of hydrogen-bond donors (Lipinski definition) is 2. The summed E-state index contributed by atoms with van der Waals surface area (Å²) < 4.78 is 13.0. The third kappa shape index (κ3) is 4.58. The van der Waals surface area contributed by atoms with Gasteiger partial charge in [-0.1, -0.05) is 30.3 Å². The number of aromatic nitrogens is 2. The summed E-state index contributed by atoms with van der Waals surface area (Å²) in [5, 5.41) is 15.9. The van der Waals surface area contributed by atoms with E-state index in [1.807, 2.05) is 48.7 Å². The van der Waals surface area contributed by atoms with E-state index in [4.69, 9.17) is 9.47 Å². The van der Waals surface area contributed by atoms with Gasteiger partial charge < -0.3 is 24.3 Å². The van der Waals surface area contributed by atoms with Gasteiger partial charge in [0.05, 0.1) is 19.1 Å². The minimum atomic E-state index is -0.429. The molecule has 9 heteroatoms. The molecule has 0 saturated carbocycles. The fourth-order valence-corrected chi connectivity index (χ4v) is 4.82. The summed E-state index contributed by atoms with van der Waals surface area (Å²) in [7, 11) is 3.20. The van der Waals surface area contributed by atoms with Crippen LogP contribution in [0.3, 0.4) is 0 Å². The third-order valence-electron chi connectivity index (χ3n) is 6.59. The van der Waals surface area contributed by atoms with Gasteiger partial charge in [0.1, 0.15) is 6.54 Å². The molecule has 0 aliphatic rings. The zero-order chi connectivity index (χ0) is 25.9. The van der Waals surface area contributed by atoms with Gasteiger partial charge in [0.2, 0.25) is 5.91 Å². The summed E-state index contributed by atoms with van der Waals surface area (Å²) in [4.78, 5) is 27.0. The highest BCUT2D eigenvalue weighted by Crippen LogP contribution is 2.40. The van der Waals surface area contributed by atoms with E-state index in [1.54, 1.807) is 37.1 Å². The molecule has 5 aromatic rings. The smallest absolute Gasteiger partial charge is 0.270 e. The van der Waals surface area contributed by atoms with E-state index in [2.05, 4.69) is 10.3 Å². The number of carbonyl (C=O) groups excluding carboxylic acids is 1. The van der Waals surface area contributed by atoms with Crippen molar-refractivity contribution in [3.8, 4) is 11.5 Å². The average molecular weight is 499 g/mol. The number of fused-ring (bicyclic) bond motifs is 2. The van der Waals surface area contributed by atoms with Crippen molar-refractivity contribution in [2.45, 2.75) is 12.5 Å². The standard InChI is InChI=1S/C28H26N4O5/c1-36-26-9-5-7-21(28(26)37-2)23(22-15-29-24-8-4-3-6-20(22)24)16-30-27(33)17-31-13-12-18-14-19(32(34)35)10-11-25(18)31/h3-15,23,29H,16-17H2,1-2H3,(H,30,33). The number of ether oxygens (including phenoxy) is 2. The van der Waals surface area contributed by atoms with Crippen molar-refractivity contribution in [2.24, 2.45) is 0 Å². The predicted molar refractivity (Wildman–Crippen MR) is 141 cm³/mol. The molecule has 3 aromatic carbocycles. The number of nitrogens with one attached hydrogen (secondary N) is 2. The summed E-state index contributed by atoms with van der Waals surface area (Å²) in [5.41, 5.74) is 3.70. The average Bonchev–Trinajstić information content (AvgIpc) is 3.52. The number of aromatic amines is 1. The first-order valence-corrected chi connectivity index (χ1v) is 11.8. The Balaban J connectivity index is 1.43. The number of methoxy groups -OCH3 is 2. The maximum absolute atomic E-state index is 13.1. The molecule has 0 radical (unpaired) electrons. The first-order valence-electron chi connectivity index (χ1n) is 11.8. The van der Waals surface area contributed by atoms with E-state index in [-0.39, 0.29) is 24.1 Å². The summed E-state index contributed by atoms with van der Waals surface area (Å²) in [6.07, 6.45) is 3.73. The van der Waals surface area contributed by atoms with Gasteiger partial charge in [-0.15, -0.1) is 0 Å². The number of amides is 1. The highest BCUT2D eigenvalue weighted by atomic mass is 16.6. The van der Waals surface area contributed by atoms with Crippen molar-refractivity contribution in [3.63, 3.8) is 0 Å². The number of benzene rings is 3. The molecule has 1 unspecified atom stereocenters. The van der Waals surface area contributed by atoms with Crippen molar-refractivity contribution in [2.75, 3.05) is 20.8 Å². The molecule has 188 valence electrons. The number of hydrogen-bond acceptors (Lipinski definition) is 5. The molecule has 2 N–H and O–H groups in total. The quantitative estimate of drug-likeness (QED) is 0.220. The fourth-order valence-electron chi connectivity index (χ4n) is 4.82. The maximum Gasteiger partial charge on any atom is 0.270 e. The van der Waals surface area contributed by atoms with Crippen LogP contribution in [0, 0.1) is 10.1 Å². The van der Waals surface area contributed by atoms with Crippen LogP contribution in [0.2, 0.25) is 0 Å². The van der Waals surface area contributed by atoms with Crippen LogP contribution in [0.15, 0.2) is 79.1 Å². The van der Waals surface area contributed by atoms with Crippen LogP contribution in [0.1, 0.15) is 17.0 Å². The van der Waals surface area contributed by atoms with Crippen molar-refractivity contribution >= 4 is 33.4 Å². The van der Waals surface area contributed by atoms with Gasteiger partial charge >= 0.3 is 0 Å². The number of nitrogens with zero attached hydrogens (tertiary/aromatic N) is 2. The van der Waals surface area contributed by atoms with Gasteiger partial charge in [-0.3, -0.25) is 14.9 Å². The molecule has 0 spiro atoms. The Morgan fingerprint density at radius 3 is 2.68 bits per heavy atom. The first kappa shape index (κ1) is 23.9. The Labute approximate surface area is 212 Å². The fraction of sp³-hybridized carbons (Fsp3) is 0.179. The van der Waals surface area contributed by atoms with Crippen molar-refractivity contribution in [1.82, 2.24) is 14.9 Å². The van der Waals surface area contributed by atoms with Crippen LogP contribution in [0.4, 0.5) is 5.69 Å². The molecule has 0 aliphatic heterocycles. The number of para-hydroxylation sites is 2. The van der Waals surface area contributed by atoms with Crippen LogP contribution in [0.5, 0.6) is 11.5 Å². The van der Waals surface area contributed by atoms with E-state index >= 15 is 0 Å². The largest absolute Gasteiger partial charge is 0.493 e. The lowest BCUT2D eigenvalue weighted by atomic mass is 9.90.